The van der Waals surface area contributed by atoms with Crippen LogP contribution in [0.1, 0.15) is 50.7 Å². The molecule has 5 rings (SSSR count). The highest BCUT2D eigenvalue weighted by Gasteiger charge is 2.45. The van der Waals surface area contributed by atoms with Gasteiger partial charge in [-0.2, -0.15) is 0 Å². The molecule has 0 spiro atoms. The average Bonchev–Trinajstić information content (AvgIpc) is 3.22. The molecule has 1 aromatic heterocycles. The van der Waals surface area contributed by atoms with Crippen LogP contribution in [0.25, 0.3) is 10.9 Å². The van der Waals surface area contributed by atoms with Gasteiger partial charge in [-0.25, -0.2) is 21.2 Å². The van der Waals surface area contributed by atoms with Crippen LogP contribution in [-0.2, 0) is 26.3 Å². The van der Waals surface area contributed by atoms with Gasteiger partial charge in [0.05, 0.1) is 15.3 Å². The number of sulfonamides is 1. The van der Waals surface area contributed by atoms with E-state index in [1.54, 1.807) is 26.0 Å². The van der Waals surface area contributed by atoms with Crippen LogP contribution in [0.15, 0.2) is 47.5 Å². The van der Waals surface area contributed by atoms with Gasteiger partial charge in [0.2, 0.25) is 10.0 Å². The van der Waals surface area contributed by atoms with Crippen LogP contribution in [-0.4, -0.2) is 63.4 Å². The predicted octanol–water partition coefficient (Wildman–Crippen LogP) is 4.45. The summed E-state index contributed by atoms with van der Waals surface area (Å²) in [5, 5.41) is 1.05. The number of likely N-dealkylation sites (tertiary alicyclic amines) is 1. The van der Waals surface area contributed by atoms with Gasteiger partial charge in [-0.1, -0.05) is 0 Å². The van der Waals surface area contributed by atoms with E-state index in [1.807, 2.05) is 12.3 Å². The Labute approximate surface area is 218 Å². The van der Waals surface area contributed by atoms with Gasteiger partial charge in [-0.15, -0.1) is 0 Å². The molecule has 1 saturated heterocycles. The van der Waals surface area contributed by atoms with E-state index in [9.17, 15) is 21.2 Å². The summed E-state index contributed by atoms with van der Waals surface area (Å²) in [7, 11) is -7.03. The molecule has 0 amide bonds. The fourth-order valence-electron chi connectivity index (χ4n) is 5.91. The van der Waals surface area contributed by atoms with E-state index < -0.39 is 24.6 Å². The van der Waals surface area contributed by atoms with Gasteiger partial charge < -0.3 is 4.98 Å². The fraction of sp³-hybridized carbons (Fsp3) is 0.481. The number of benzene rings is 2. The first-order valence-corrected chi connectivity index (χ1v) is 16.0. The second-order valence-electron chi connectivity index (χ2n) is 11.1. The summed E-state index contributed by atoms with van der Waals surface area (Å²) < 4.78 is 65.3. The number of aromatic nitrogens is 1. The minimum atomic E-state index is -3.63. The number of aromatic amines is 1. The molecular formula is C27H34FN3O4S2. The molecule has 0 unspecified atom stereocenters. The van der Waals surface area contributed by atoms with Crippen LogP contribution in [0.4, 0.5) is 10.1 Å². The lowest BCUT2D eigenvalue weighted by atomic mass is 9.85. The number of fused-ring (bicyclic) bond motifs is 2. The Morgan fingerprint density at radius 1 is 1.14 bits per heavy atom. The maximum absolute atomic E-state index is 13.6. The predicted molar refractivity (Wildman–Crippen MR) is 145 cm³/mol. The van der Waals surface area contributed by atoms with Gasteiger partial charge in [0, 0.05) is 42.5 Å². The summed E-state index contributed by atoms with van der Waals surface area (Å²) >= 11 is 0. The minimum Gasteiger partial charge on any atom is -0.361 e. The summed E-state index contributed by atoms with van der Waals surface area (Å²) in [5.74, 6) is 0.0901. The number of halogens is 1. The number of nitrogens with one attached hydrogen (secondary N) is 1. The third-order valence-electron chi connectivity index (χ3n) is 8.07. The van der Waals surface area contributed by atoms with Crippen LogP contribution >= 0.6 is 0 Å². The number of H-pyrrole nitrogens is 1. The van der Waals surface area contributed by atoms with Crippen LogP contribution in [0.2, 0.25) is 0 Å². The van der Waals surface area contributed by atoms with Gasteiger partial charge in [0.15, 0.2) is 9.84 Å². The number of hydrogen-bond acceptors (Lipinski definition) is 5. The molecule has 2 aliphatic heterocycles. The molecule has 37 heavy (non-hydrogen) atoms. The zero-order valence-electron chi connectivity index (χ0n) is 21.7. The summed E-state index contributed by atoms with van der Waals surface area (Å²) in [5.41, 5.74) is 3.32. The lowest BCUT2D eigenvalue weighted by Gasteiger charge is -2.42. The number of hydrogen-bond donors (Lipinski definition) is 1. The van der Waals surface area contributed by atoms with Crippen molar-refractivity contribution in [3.8, 4) is 0 Å². The molecular weight excluding hydrogens is 513 g/mol. The van der Waals surface area contributed by atoms with Crippen LogP contribution in [0.5, 0.6) is 0 Å². The van der Waals surface area contributed by atoms with E-state index in [4.69, 9.17) is 0 Å². The summed E-state index contributed by atoms with van der Waals surface area (Å²) in [6.45, 7) is 7.28. The quantitative estimate of drug-likeness (QED) is 0.510. The van der Waals surface area contributed by atoms with Crippen molar-refractivity contribution in [1.29, 1.82) is 0 Å². The normalized spacial score (nSPS) is 23.8. The maximum Gasteiger partial charge on any atom is 0.240 e. The van der Waals surface area contributed by atoms with Crippen LogP contribution < -0.4 is 4.31 Å². The lowest BCUT2D eigenvalue weighted by molar-refractivity contribution is 0.151. The van der Waals surface area contributed by atoms with Gasteiger partial charge >= 0.3 is 0 Å². The number of nitrogens with zero attached hydrogens (tertiary/aromatic N) is 2. The molecule has 200 valence electrons. The Morgan fingerprint density at radius 3 is 2.59 bits per heavy atom. The topological polar surface area (TPSA) is 90.6 Å². The highest BCUT2D eigenvalue weighted by molar-refractivity contribution is 7.94. The molecule has 2 aliphatic rings. The zero-order chi connectivity index (χ0) is 26.8. The highest BCUT2D eigenvalue weighted by Crippen LogP contribution is 2.40. The average molecular weight is 548 g/mol. The molecule has 3 heterocycles. The fourth-order valence-corrected chi connectivity index (χ4v) is 8.27. The van der Waals surface area contributed by atoms with Gasteiger partial charge in [-0.3, -0.25) is 9.21 Å². The molecule has 3 aromatic rings. The lowest BCUT2D eigenvalue weighted by Crippen LogP contribution is -2.53. The Bertz CT molecular complexity index is 1560. The number of piperidine rings is 1. The number of rotatable bonds is 5. The van der Waals surface area contributed by atoms with Crippen molar-refractivity contribution in [2.45, 2.75) is 61.6 Å². The van der Waals surface area contributed by atoms with E-state index in [-0.39, 0.29) is 23.2 Å². The third-order valence-corrected chi connectivity index (χ3v) is 11.7. The van der Waals surface area contributed by atoms with Crippen molar-refractivity contribution < 1.29 is 21.2 Å². The Hall–Kier alpha value is -2.43. The molecule has 1 fully saturated rings. The zero-order valence-corrected chi connectivity index (χ0v) is 23.3. The SMILES string of the molecule is C[C@H]1C[C@H](c2c[nH]c3cc(F)ccc23)CCN1CCN1c2ccc(S(C)(=O)=O)cc2CC(C)(C)S1(=O)=O. The van der Waals surface area contributed by atoms with E-state index >= 15 is 0 Å². The monoisotopic (exact) mass is 547 g/mol. The van der Waals surface area contributed by atoms with E-state index in [0.29, 0.717) is 24.7 Å². The van der Waals surface area contributed by atoms with Crippen molar-refractivity contribution in [3.63, 3.8) is 0 Å². The van der Waals surface area contributed by atoms with Crippen molar-refractivity contribution in [1.82, 2.24) is 9.88 Å². The number of sulfone groups is 1. The Balaban J connectivity index is 1.34. The van der Waals surface area contributed by atoms with E-state index in [0.717, 1.165) is 42.1 Å². The van der Waals surface area contributed by atoms with E-state index in [1.165, 1.54) is 28.1 Å². The first-order chi connectivity index (χ1) is 17.3. The molecule has 0 bridgehead atoms. The van der Waals surface area contributed by atoms with Crippen molar-refractivity contribution in [2.75, 3.05) is 30.2 Å². The van der Waals surface area contributed by atoms with E-state index in [2.05, 4.69) is 16.8 Å². The van der Waals surface area contributed by atoms with Crippen molar-refractivity contribution in [3.05, 3.63) is 59.5 Å². The molecule has 0 aliphatic carbocycles. The summed E-state index contributed by atoms with van der Waals surface area (Å²) in [6, 6.07) is 9.85. The maximum atomic E-state index is 13.6. The number of anilines is 1. The van der Waals surface area contributed by atoms with Crippen LogP contribution in [0.3, 0.4) is 0 Å². The molecule has 10 heteroatoms. The smallest absolute Gasteiger partial charge is 0.240 e. The van der Waals surface area contributed by atoms with Gasteiger partial charge in [0.1, 0.15) is 5.82 Å². The second-order valence-corrected chi connectivity index (χ2v) is 15.6. The molecule has 0 saturated carbocycles. The molecule has 2 aromatic carbocycles. The van der Waals surface area contributed by atoms with Gasteiger partial charge in [-0.05, 0) is 100 Å². The standard InChI is InChI=1S/C27H34FN3O4S2/c1-18-13-19(24-17-29-25-15-21(28)5-7-23(24)25)9-10-30(18)11-12-31-26-8-6-22(36(4,32)33)14-20(26)16-27(2,3)37(31,34)35/h5-8,14-15,17-19,29H,9-13,16H2,1-4H3/t18-,19+/m0/s1. The van der Waals surface area contributed by atoms with Crippen molar-refractivity contribution >= 4 is 36.5 Å². The van der Waals surface area contributed by atoms with Crippen molar-refractivity contribution in [2.24, 2.45) is 0 Å². The highest BCUT2D eigenvalue weighted by atomic mass is 32.2. The first kappa shape index (κ1) is 26.2. The largest absolute Gasteiger partial charge is 0.361 e. The Kier molecular flexibility index (Phi) is 6.44. The summed E-state index contributed by atoms with van der Waals surface area (Å²) in [4.78, 5) is 5.73. The second kappa shape index (κ2) is 9.10. The minimum absolute atomic E-state index is 0.206. The first-order valence-electron chi connectivity index (χ1n) is 12.6. The summed E-state index contributed by atoms with van der Waals surface area (Å²) in [6.07, 6.45) is 5.27. The molecule has 7 nitrogen and oxygen atoms in total. The molecule has 0 radical (unpaired) electrons. The Morgan fingerprint density at radius 2 is 1.89 bits per heavy atom. The van der Waals surface area contributed by atoms with Crippen LogP contribution in [0, 0.1) is 5.82 Å². The molecule has 1 N–H and O–H groups in total. The third kappa shape index (κ3) is 4.68. The molecule has 2 atom stereocenters. The van der Waals surface area contributed by atoms with Gasteiger partial charge in [0.25, 0.3) is 0 Å².